The van der Waals surface area contributed by atoms with Crippen LogP contribution >= 0.6 is 0 Å². The van der Waals surface area contributed by atoms with E-state index in [4.69, 9.17) is 10.8 Å². The lowest BCUT2D eigenvalue weighted by atomic mass is 10.2. The van der Waals surface area contributed by atoms with E-state index < -0.39 is 10.8 Å². The molecule has 1 unspecified atom stereocenters. The number of benzene rings is 1. The van der Waals surface area contributed by atoms with Crippen molar-refractivity contribution in [2.45, 2.75) is 18.2 Å². The van der Waals surface area contributed by atoms with Crippen molar-refractivity contribution in [2.24, 2.45) is 0 Å². The van der Waals surface area contributed by atoms with Gasteiger partial charge in [-0.1, -0.05) is 0 Å². The summed E-state index contributed by atoms with van der Waals surface area (Å²) in [5.74, 6) is 0.500. The molecule has 0 saturated heterocycles. The highest BCUT2D eigenvalue weighted by Gasteiger charge is 2.04. The average molecular weight is 213 g/mol. The molecule has 0 bridgehead atoms. The summed E-state index contributed by atoms with van der Waals surface area (Å²) in [6, 6.07) is 5.38. The first-order valence-electron chi connectivity index (χ1n) is 4.50. The minimum absolute atomic E-state index is 0.0830. The molecule has 1 aromatic carbocycles. The lowest BCUT2D eigenvalue weighted by Gasteiger charge is -2.04. The van der Waals surface area contributed by atoms with Gasteiger partial charge in [0, 0.05) is 22.9 Å². The summed E-state index contributed by atoms with van der Waals surface area (Å²) in [5, 5.41) is 8.61. The smallest absolute Gasteiger partial charge is 0.0530 e. The maximum Gasteiger partial charge on any atom is 0.0530 e. The van der Waals surface area contributed by atoms with Gasteiger partial charge in [-0.2, -0.15) is 0 Å². The molecule has 0 fully saturated rings. The summed E-state index contributed by atoms with van der Waals surface area (Å²) < 4.78 is 11.6. The van der Waals surface area contributed by atoms with E-state index >= 15 is 0 Å². The first-order valence-corrected chi connectivity index (χ1v) is 5.82. The van der Waals surface area contributed by atoms with E-state index in [1.807, 2.05) is 13.0 Å². The van der Waals surface area contributed by atoms with E-state index in [9.17, 15) is 4.21 Å². The van der Waals surface area contributed by atoms with E-state index in [2.05, 4.69) is 0 Å². The van der Waals surface area contributed by atoms with Gasteiger partial charge in [-0.25, -0.2) is 0 Å². The van der Waals surface area contributed by atoms with Crippen LogP contribution in [0.1, 0.15) is 12.0 Å². The van der Waals surface area contributed by atoms with Crippen LogP contribution in [0.15, 0.2) is 23.1 Å². The Labute approximate surface area is 86.4 Å². The Kier molecular flexibility index (Phi) is 4.10. The summed E-state index contributed by atoms with van der Waals surface area (Å²) in [5.41, 5.74) is 7.31. The van der Waals surface area contributed by atoms with Crippen LogP contribution in [0.25, 0.3) is 0 Å². The molecule has 0 aliphatic heterocycles. The van der Waals surface area contributed by atoms with E-state index in [0.29, 0.717) is 17.9 Å². The quantitative estimate of drug-likeness (QED) is 0.735. The van der Waals surface area contributed by atoms with Crippen molar-refractivity contribution in [2.75, 3.05) is 18.1 Å². The number of nitrogen functional groups attached to an aromatic ring is 1. The second-order valence-corrected chi connectivity index (χ2v) is 4.72. The van der Waals surface area contributed by atoms with E-state index in [0.717, 1.165) is 10.5 Å². The standard InChI is InChI=1S/C10H15NO2S/c1-8-7-9(3-4-10(8)11)14(13)6-2-5-12/h3-4,7,12H,2,5-6,11H2,1H3. The fraction of sp³-hybridized carbons (Fsp3) is 0.400. The molecule has 0 aliphatic carbocycles. The van der Waals surface area contributed by atoms with Gasteiger partial charge in [0.15, 0.2) is 0 Å². The van der Waals surface area contributed by atoms with Crippen LogP contribution < -0.4 is 5.73 Å². The second-order valence-electron chi connectivity index (χ2n) is 3.15. The highest BCUT2D eigenvalue weighted by atomic mass is 32.2. The third-order valence-electron chi connectivity index (χ3n) is 1.99. The lowest BCUT2D eigenvalue weighted by Crippen LogP contribution is -2.01. The molecule has 1 aromatic rings. The Morgan fingerprint density at radius 3 is 2.79 bits per heavy atom. The monoisotopic (exact) mass is 213 g/mol. The molecule has 0 amide bonds. The zero-order valence-corrected chi connectivity index (χ0v) is 9.01. The Morgan fingerprint density at radius 2 is 2.21 bits per heavy atom. The lowest BCUT2D eigenvalue weighted by molar-refractivity contribution is 0.296. The molecule has 1 atom stereocenters. The van der Waals surface area contributed by atoms with E-state index in [-0.39, 0.29) is 6.61 Å². The van der Waals surface area contributed by atoms with Crippen LogP contribution in [0.5, 0.6) is 0 Å². The highest BCUT2D eigenvalue weighted by molar-refractivity contribution is 7.85. The number of aryl methyl sites for hydroxylation is 1. The van der Waals surface area contributed by atoms with Crippen molar-refractivity contribution in [3.8, 4) is 0 Å². The molecule has 1 rings (SSSR count). The zero-order chi connectivity index (χ0) is 10.6. The van der Waals surface area contributed by atoms with Gasteiger partial charge in [-0.15, -0.1) is 0 Å². The van der Waals surface area contributed by atoms with Crippen molar-refractivity contribution in [3.05, 3.63) is 23.8 Å². The Morgan fingerprint density at radius 1 is 1.50 bits per heavy atom. The van der Waals surface area contributed by atoms with Gasteiger partial charge in [0.2, 0.25) is 0 Å². The third-order valence-corrected chi connectivity index (χ3v) is 3.43. The molecule has 0 saturated carbocycles. The van der Waals surface area contributed by atoms with E-state index in [1.165, 1.54) is 0 Å². The van der Waals surface area contributed by atoms with Crippen molar-refractivity contribution < 1.29 is 9.32 Å². The SMILES string of the molecule is Cc1cc(S(=O)CCCO)ccc1N. The summed E-state index contributed by atoms with van der Waals surface area (Å²) in [4.78, 5) is 0.783. The predicted octanol–water partition coefficient (Wildman–Crippen LogP) is 1.07. The number of aliphatic hydroxyl groups excluding tert-OH is 1. The number of anilines is 1. The molecule has 0 spiro atoms. The molecule has 3 N–H and O–H groups in total. The summed E-state index contributed by atoms with van der Waals surface area (Å²) in [6.07, 6.45) is 0.566. The van der Waals surface area contributed by atoms with Crippen LogP contribution in [0.3, 0.4) is 0 Å². The van der Waals surface area contributed by atoms with Crippen molar-refractivity contribution in [1.29, 1.82) is 0 Å². The molecular weight excluding hydrogens is 198 g/mol. The Bertz CT molecular complexity index is 339. The summed E-state index contributed by atoms with van der Waals surface area (Å²) in [7, 11) is -1.02. The molecule has 0 aliphatic rings. The van der Waals surface area contributed by atoms with Crippen LogP contribution in [0.4, 0.5) is 5.69 Å². The molecule has 78 valence electrons. The predicted molar refractivity (Wildman–Crippen MR) is 58.6 cm³/mol. The zero-order valence-electron chi connectivity index (χ0n) is 8.19. The first-order chi connectivity index (χ1) is 6.65. The van der Waals surface area contributed by atoms with Crippen molar-refractivity contribution >= 4 is 16.5 Å². The van der Waals surface area contributed by atoms with Gasteiger partial charge in [0.25, 0.3) is 0 Å². The van der Waals surface area contributed by atoms with Crippen LogP contribution in [-0.2, 0) is 10.8 Å². The molecule has 0 heterocycles. The fourth-order valence-electron chi connectivity index (χ4n) is 1.10. The maximum absolute atomic E-state index is 11.6. The van der Waals surface area contributed by atoms with Crippen molar-refractivity contribution in [3.63, 3.8) is 0 Å². The van der Waals surface area contributed by atoms with Gasteiger partial charge in [0.1, 0.15) is 0 Å². The van der Waals surface area contributed by atoms with Crippen LogP contribution in [-0.4, -0.2) is 21.7 Å². The van der Waals surface area contributed by atoms with Gasteiger partial charge in [0.05, 0.1) is 10.8 Å². The number of nitrogens with two attached hydrogens (primary N) is 1. The highest BCUT2D eigenvalue weighted by Crippen LogP contribution is 2.15. The minimum atomic E-state index is -1.02. The molecule has 0 aromatic heterocycles. The normalized spacial score (nSPS) is 12.7. The molecular formula is C10H15NO2S. The van der Waals surface area contributed by atoms with E-state index in [1.54, 1.807) is 12.1 Å². The third kappa shape index (κ3) is 2.82. The van der Waals surface area contributed by atoms with Crippen LogP contribution in [0, 0.1) is 6.92 Å². The number of hydrogen-bond donors (Lipinski definition) is 2. The van der Waals surface area contributed by atoms with Gasteiger partial charge < -0.3 is 10.8 Å². The van der Waals surface area contributed by atoms with Gasteiger partial charge in [-0.3, -0.25) is 4.21 Å². The van der Waals surface area contributed by atoms with Crippen molar-refractivity contribution in [1.82, 2.24) is 0 Å². The number of hydrogen-bond acceptors (Lipinski definition) is 3. The maximum atomic E-state index is 11.6. The summed E-state index contributed by atoms with van der Waals surface area (Å²) in [6.45, 7) is 1.97. The fourth-order valence-corrected chi connectivity index (χ4v) is 2.26. The number of aliphatic hydroxyl groups is 1. The summed E-state index contributed by atoms with van der Waals surface area (Å²) >= 11 is 0. The minimum Gasteiger partial charge on any atom is -0.399 e. The molecule has 4 heteroatoms. The Hall–Kier alpha value is -0.870. The molecule has 14 heavy (non-hydrogen) atoms. The first kappa shape index (κ1) is 11.2. The molecule has 3 nitrogen and oxygen atoms in total. The van der Waals surface area contributed by atoms with Crippen LogP contribution in [0.2, 0.25) is 0 Å². The number of rotatable bonds is 4. The largest absolute Gasteiger partial charge is 0.399 e. The second kappa shape index (κ2) is 5.12. The molecule has 0 radical (unpaired) electrons. The topological polar surface area (TPSA) is 63.3 Å². The Balaban J connectivity index is 2.76. The van der Waals surface area contributed by atoms with Gasteiger partial charge >= 0.3 is 0 Å². The average Bonchev–Trinajstić information content (AvgIpc) is 2.18. The van der Waals surface area contributed by atoms with Gasteiger partial charge in [-0.05, 0) is 37.1 Å².